The van der Waals surface area contributed by atoms with Gasteiger partial charge in [-0.2, -0.15) is 0 Å². The van der Waals surface area contributed by atoms with E-state index >= 15 is 0 Å². The van der Waals surface area contributed by atoms with Crippen molar-refractivity contribution in [3.63, 3.8) is 0 Å². The molecule has 27 heavy (non-hydrogen) atoms. The lowest BCUT2D eigenvalue weighted by Crippen LogP contribution is -2.45. The molecule has 3 saturated carbocycles. The van der Waals surface area contributed by atoms with Crippen LogP contribution < -0.4 is 0 Å². The number of hydrogen-bond donors (Lipinski definition) is 0. The SMILES string of the molecule is C[Si](CCC1CCCC1)(C1CCC2C=CC=CC21)C1CCC2C=CC=CC21. The van der Waals surface area contributed by atoms with Gasteiger partial charge in [-0.3, -0.25) is 0 Å². The lowest BCUT2D eigenvalue weighted by Gasteiger charge is -2.45. The highest BCUT2D eigenvalue weighted by Gasteiger charge is 2.54. The molecule has 146 valence electrons. The zero-order valence-electron chi connectivity index (χ0n) is 17.2. The summed E-state index contributed by atoms with van der Waals surface area (Å²) >= 11 is 0. The van der Waals surface area contributed by atoms with Crippen LogP contribution in [-0.4, -0.2) is 8.07 Å². The van der Waals surface area contributed by atoms with Crippen LogP contribution >= 0.6 is 0 Å². The van der Waals surface area contributed by atoms with Crippen LogP contribution in [0.2, 0.25) is 23.7 Å². The molecule has 0 nitrogen and oxygen atoms in total. The van der Waals surface area contributed by atoms with E-state index < -0.39 is 8.07 Å². The molecule has 5 rings (SSSR count). The Labute approximate surface area is 167 Å². The van der Waals surface area contributed by atoms with Crippen LogP contribution in [0.5, 0.6) is 0 Å². The molecule has 0 aromatic heterocycles. The smallest absolute Gasteiger partial charge is 0.0579 e. The Morgan fingerprint density at radius 3 is 1.74 bits per heavy atom. The van der Waals surface area contributed by atoms with Crippen LogP contribution in [-0.2, 0) is 0 Å². The Balaban J connectivity index is 1.42. The first-order valence-electron chi connectivity index (χ1n) is 12.0. The van der Waals surface area contributed by atoms with Gasteiger partial charge < -0.3 is 0 Å². The highest BCUT2D eigenvalue weighted by atomic mass is 28.3. The fourth-order valence-electron chi connectivity index (χ4n) is 7.91. The predicted octanol–water partition coefficient (Wildman–Crippen LogP) is 7.69. The molecule has 0 amide bonds. The summed E-state index contributed by atoms with van der Waals surface area (Å²) in [6, 6.07) is 1.62. The second-order valence-electron chi connectivity index (χ2n) is 10.6. The largest absolute Gasteiger partial charge is 0.0808 e. The van der Waals surface area contributed by atoms with Crippen LogP contribution in [0.3, 0.4) is 0 Å². The summed E-state index contributed by atoms with van der Waals surface area (Å²) in [5.41, 5.74) is 2.07. The van der Waals surface area contributed by atoms with Gasteiger partial charge in [-0.25, -0.2) is 0 Å². The standard InChI is InChI=1S/C26H38Si/c1-27(19-18-20-8-2-3-9-20,25-16-14-21-10-4-6-12-23(21)25)26-17-15-22-11-5-7-13-24(22)26/h4-7,10-13,20-26H,2-3,8-9,14-19H2,1H3. The molecule has 0 N–H and O–H groups in total. The van der Waals surface area contributed by atoms with E-state index in [0.29, 0.717) is 0 Å². The third-order valence-electron chi connectivity index (χ3n) is 9.41. The van der Waals surface area contributed by atoms with Crippen molar-refractivity contribution in [3.8, 4) is 0 Å². The molecule has 5 aliphatic rings. The molecule has 0 heterocycles. The van der Waals surface area contributed by atoms with Gasteiger partial charge in [-0.15, -0.1) is 0 Å². The molecule has 0 spiro atoms. The van der Waals surface area contributed by atoms with E-state index in [2.05, 4.69) is 55.2 Å². The third kappa shape index (κ3) is 3.28. The maximum Gasteiger partial charge on any atom is 0.0579 e. The van der Waals surface area contributed by atoms with Gasteiger partial charge in [0.1, 0.15) is 0 Å². The zero-order chi connectivity index (χ0) is 18.3. The van der Waals surface area contributed by atoms with Crippen LogP contribution in [0.1, 0.15) is 57.8 Å². The van der Waals surface area contributed by atoms with Gasteiger partial charge in [0.05, 0.1) is 8.07 Å². The second kappa shape index (κ2) is 7.54. The van der Waals surface area contributed by atoms with Crippen molar-refractivity contribution in [2.45, 2.75) is 81.5 Å². The highest BCUT2D eigenvalue weighted by Crippen LogP contribution is 2.60. The van der Waals surface area contributed by atoms with Crippen LogP contribution in [0.15, 0.2) is 48.6 Å². The minimum Gasteiger partial charge on any atom is -0.0808 e. The Kier molecular flexibility index (Phi) is 5.09. The molecule has 0 bridgehead atoms. The molecule has 5 aliphatic carbocycles. The van der Waals surface area contributed by atoms with Gasteiger partial charge in [0.2, 0.25) is 0 Å². The number of allylic oxidation sites excluding steroid dienone is 8. The van der Waals surface area contributed by atoms with Crippen LogP contribution in [0.25, 0.3) is 0 Å². The summed E-state index contributed by atoms with van der Waals surface area (Å²) in [6.45, 7) is 2.88. The molecule has 1 heteroatoms. The molecule has 6 atom stereocenters. The normalized spacial score (nSPS) is 42.4. The van der Waals surface area contributed by atoms with Gasteiger partial charge in [-0.05, 0) is 53.5 Å². The van der Waals surface area contributed by atoms with Crippen LogP contribution in [0.4, 0.5) is 0 Å². The van der Waals surface area contributed by atoms with Crippen LogP contribution in [0, 0.1) is 29.6 Å². The lowest BCUT2D eigenvalue weighted by molar-refractivity contribution is 0.493. The fraction of sp³-hybridized carbons (Fsp3) is 0.692. The van der Waals surface area contributed by atoms with E-state index in [1.807, 2.05) is 0 Å². The van der Waals surface area contributed by atoms with Gasteiger partial charge in [0, 0.05) is 0 Å². The molecule has 6 unspecified atom stereocenters. The fourth-order valence-corrected chi connectivity index (χ4v) is 14.4. The first kappa shape index (κ1) is 18.2. The molecule has 0 aliphatic heterocycles. The Morgan fingerprint density at radius 2 is 1.19 bits per heavy atom. The van der Waals surface area contributed by atoms with Crippen molar-refractivity contribution in [1.82, 2.24) is 0 Å². The molecular weight excluding hydrogens is 340 g/mol. The Hall–Kier alpha value is -0.823. The molecule has 0 aromatic rings. The topological polar surface area (TPSA) is 0 Å². The van der Waals surface area contributed by atoms with E-state index in [9.17, 15) is 0 Å². The van der Waals surface area contributed by atoms with Crippen molar-refractivity contribution >= 4 is 8.07 Å². The highest BCUT2D eigenvalue weighted by molar-refractivity contribution is 6.81. The average Bonchev–Trinajstić information content (AvgIpc) is 3.45. The average molecular weight is 379 g/mol. The zero-order valence-corrected chi connectivity index (χ0v) is 18.2. The summed E-state index contributed by atoms with van der Waals surface area (Å²) in [6.07, 6.45) is 33.3. The van der Waals surface area contributed by atoms with Crippen molar-refractivity contribution in [2.24, 2.45) is 29.6 Å². The van der Waals surface area contributed by atoms with E-state index in [1.54, 1.807) is 12.5 Å². The second-order valence-corrected chi connectivity index (χ2v) is 15.6. The molecule has 0 saturated heterocycles. The van der Waals surface area contributed by atoms with E-state index in [0.717, 1.165) is 40.7 Å². The van der Waals surface area contributed by atoms with Gasteiger partial charge >= 0.3 is 0 Å². The predicted molar refractivity (Wildman–Crippen MR) is 119 cm³/mol. The molecule has 0 radical (unpaired) electrons. The monoisotopic (exact) mass is 378 g/mol. The number of rotatable bonds is 5. The summed E-state index contributed by atoms with van der Waals surface area (Å²) in [5, 5.41) is 0. The quantitative estimate of drug-likeness (QED) is 0.430. The number of fused-ring (bicyclic) bond motifs is 2. The summed E-state index contributed by atoms with van der Waals surface area (Å²) in [4.78, 5) is 0. The summed E-state index contributed by atoms with van der Waals surface area (Å²) in [5.74, 6) is 4.53. The maximum atomic E-state index is 2.88. The minimum absolute atomic E-state index is 0.859. The molecule has 0 aromatic carbocycles. The molecule has 3 fully saturated rings. The van der Waals surface area contributed by atoms with Crippen molar-refractivity contribution in [3.05, 3.63) is 48.6 Å². The maximum absolute atomic E-state index is 2.88. The van der Waals surface area contributed by atoms with E-state index in [1.165, 1.54) is 51.4 Å². The van der Waals surface area contributed by atoms with E-state index in [4.69, 9.17) is 0 Å². The first-order valence-corrected chi connectivity index (χ1v) is 14.8. The Morgan fingerprint density at radius 1 is 0.667 bits per heavy atom. The van der Waals surface area contributed by atoms with Crippen molar-refractivity contribution < 1.29 is 0 Å². The third-order valence-corrected chi connectivity index (χ3v) is 15.5. The Bertz CT molecular complexity index is 603. The van der Waals surface area contributed by atoms with Gasteiger partial charge in [0.15, 0.2) is 0 Å². The van der Waals surface area contributed by atoms with Crippen molar-refractivity contribution in [1.29, 1.82) is 0 Å². The summed E-state index contributed by atoms with van der Waals surface area (Å²) in [7, 11) is -1.34. The first-order chi connectivity index (χ1) is 13.3. The minimum atomic E-state index is -1.34. The van der Waals surface area contributed by atoms with Gasteiger partial charge in [-0.1, -0.05) is 106 Å². The number of hydrogen-bond acceptors (Lipinski definition) is 0. The lowest BCUT2D eigenvalue weighted by atomic mass is 9.91. The van der Waals surface area contributed by atoms with Crippen molar-refractivity contribution in [2.75, 3.05) is 0 Å². The van der Waals surface area contributed by atoms with E-state index in [-0.39, 0.29) is 0 Å². The summed E-state index contributed by atoms with van der Waals surface area (Å²) < 4.78 is 0. The van der Waals surface area contributed by atoms with Gasteiger partial charge in [0.25, 0.3) is 0 Å². The molecular formula is C26H38Si.